The minimum Gasteiger partial charge on any atom is -0.481 e. The number of rotatable bonds is 5. The lowest BCUT2D eigenvalue weighted by Crippen LogP contribution is -2.54. The average molecular weight is 321 g/mol. The molecule has 0 spiro atoms. The number of nitrogens with zero attached hydrogens (tertiary/aromatic N) is 1. The van der Waals surface area contributed by atoms with Crippen LogP contribution in [0, 0.1) is 0 Å². The molecule has 0 unspecified atom stereocenters. The number of carbonyl (C=O) groups excluding carboxylic acids is 1. The number of likely N-dealkylation sites (tertiary alicyclic amines) is 1. The highest BCUT2D eigenvalue weighted by molar-refractivity contribution is 5.81. The first kappa shape index (κ1) is 16.8. The second-order valence-electron chi connectivity index (χ2n) is 5.48. The van der Waals surface area contributed by atoms with Gasteiger partial charge in [-0.15, -0.1) is 0 Å². The number of aliphatic carboxylic acids is 2. The minimum atomic E-state index is -1.14. The van der Waals surface area contributed by atoms with Gasteiger partial charge in [0.1, 0.15) is 12.6 Å². The highest BCUT2D eigenvalue weighted by Crippen LogP contribution is 2.26. The van der Waals surface area contributed by atoms with Crippen LogP contribution in [0.25, 0.3) is 0 Å². The summed E-state index contributed by atoms with van der Waals surface area (Å²) < 4.78 is 5.19. The van der Waals surface area contributed by atoms with Gasteiger partial charge in [0.2, 0.25) is 0 Å². The zero-order valence-electron chi connectivity index (χ0n) is 12.6. The average Bonchev–Trinajstić information content (AvgIpc) is 2.52. The maximum absolute atomic E-state index is 12.3. The number of carbonyl (C=O) groups is 3. The van der Waals surface area contributed by atoms with Crippen LogP contribution in [0.15, 0.2) is 30.3 Å². The van der Waals surface area contributed by atoms with Crippen molar-refractivity contribution in [3.63, 3.8) is 0 Å². The van der Waals surface area contributed by atoms with E-state index < -0.39 is 30.1 Å². The fourth-order valence-electron chi connectivity index (χ4n) is 2.79. The van der Waals surface area contributed by atoms with Crippen LogP contribution in [0.5, 0.6) is 0 Å². The number of amides is 1. The molecule has 1 aliphatic heterocycles. The molecule has 23 heavy (non-hydrogen) atoms. The second-order valence-corrected chi connectivity index (χ2v) is 5.48. The van der Waals surface area contributed by atoms with Crippen LogP contribution < -0.4 is 0 Å². The van der Waals surface area contributed by atoms with Crippen molar-refractivity contribution in [1.82, 2.24) is 4.90 Å². The van der Waals surface area contributed by atoms with Crippen molar-refractivity contribution in [3.05, 3.63) is 35.9 Å². The monoisotopic (exact) mass is 321 g/mol. The van der Waals surface area contributed by atoms with Crippen LogP contribution in [-0.4, -0.2) is 45.2 Å². The number of carboxylic acid groups (broad SMARTS) is 2. The molecule has 7 heteroatoms. The van der Waals surface area contributed by atoms with E-state index in [0.29, 0.717) is 19.3 Å². The Morgan fingerprint density at radius 2 is 1.83 bits per heavy atom. The first-order valence-corrected chi connectivity index (χ1v) is 7.42. The normalized spacial score (nSPS) is 20.8. The van der Waals surface area contributed by atoms with Crippen LogP contribution in [0.3, 0.4) is 0 Å². The van der Waals surface area contributed by atoms with Crippen molar-refractivity contribution < 1.29 is 29.3 Å². The molecule has 7 nitrogen and oxygen atoms in total. The summed E-state index contributed by atoms with van der Waals surface area (Å²) >= 11 is 0. The molecule has 1 heterocycles. The van der Waals surface area contributed by atoms with E-state index in [4.69, 9.17) is 9.84 Å². The van der Waals surface area contributed by atoms with Crippen molar-refractivity contribution in [2.24, 2.45) is 0 Å². The largest absolute Gasteiger partial charge is 0.481 e. The van der Waals surface area contributed by atoms with E-state index in [2.05, 4.69) is 0 Å². The molecular formula is C16H19NO6. The maximum Gasteiger partial charge on any atom is 0.411 e. The maximum atomic E-state index is 12.3. The summed E-state index contributed by atoms with van der Waals surface area (Å²) in [5.74, 6) is -2.21. The summed E-state index contributed by atoms with van der Waals surface area (Å²) in [6, 6.07) is 7.30. The Bertz CT molecular complexity index is 573. The molecule has 124 valence electrons. The molecule has 1 aliphatic rings. The predicted molar refractivity (Wildman–Crippen MR) is 79.8 cm³/mol. The number of hydrogen-bond donors (Lipinski definition) is 2. The Balaban J connectivity index is 2.09. The molecule has 1 amide bonds. The van der Waals surface area contributed by atoms with Crippen molar-refractivity contribution in [1.29, 1.82) is 0 Å². The van der Waals surface area contributed by atoms with Gasteiger partial charge in [0.25, 0.3) is 0 Å². The van der Waals surface area contributed by atoms with Gasteiger partial charge in [-0.25, -0.2) is 9.59 Å². The van der Waals surface area contributed by atoms with Crippen molar-refractivity contribution in [2.45, 2.75) is 44.4 Å². The van der Waals surface area contributed by atoms with Gasteiger partial charge in [-0.2, -0.15) is 0 Å². The smallest absolute Gasteiger partial charge is 0.411 e. The summed E-state index contributed by atoms with van der Waals surface area (Å²) in [6.45, 7) is 0.0162. The molecule has 2 rings (SSSR count). The molecule has 2 N–H and O–H groups in total. The first-order valence-electron chi connectivity index (χ1n) is 7.42. The molecule has 1 aromatic rings. The van der Waals surface area contributed by atoms with E-state index in [1.54, 1.807) is 24.3 Å². The molecular weight excluding hydrogens is 302 g/mol. The number of hydrogen-bond acceptors (Lipinski definition) is 4. The summed E-state index contributed by atoms with van der Waals surface area (Å²) in [6.07, 6.45) is 0.247. The van der Waals surface area contributed by atoms with Gasteiger partial charge >= 0.3 is 18.0 Å². The number of benzene rings is 1. The topological polar surface area (TPSA) is 104 Å². The zero-order chi connectivity index (χ0) is 16.8. The van der Waals surface area contributed by atoms with Crippen molar-refractivity contribution >= 4 is 18.0 Å². The van der Waals surface area contributed by atoms with E-state index in [-0.39, 0.29) is 13.0 Å². The van der Waals surface area contributed by atoms with Crippen LogP contribution in [-0.2, 0) is 20.9 Å². The third-order valence-electron chi connectivity index (χ3n) is 3.86. The van der Waals surface area contributed by atoms with E-state index in [0.717, 1.165) is 10.5 Å². The van der Waals surface area contributed by atoms with Gasteiger partial charge in [-0.05, 0) is 24.8 Å². The van der Waals surface area contributed by atoms with E-state index in [9.17, 15) is 19.5 Å². The highest BCUT2D eigenvalue weighted by atomic mass is 16.6. The molecule has 0 aromatic heterocycles. The minimum absolute atomic E-state index is 0.0162. The molecule has 0 aliphatic carbocycles. The Hall–Kier alpha value is -2.57. The second kappa shape index (κ2) is 7.62. The zero-order valence-corrected chi connectivity index (χ0v) is 12.6. The summed E-state index contributed by atoms with van der Waals surface area (Å²) in [4.78, 5) is 35.7. The third kappa shape index (κ3) is 4.45. The SMILES string of the molecule is O=C(O)C[C@@H]1CCC[C@@H](C(=O)O)N1C(=O)OCc1ccccc1. The van der Waals surface area contributed by atoms with Crippen molar-refractivity contribution in [3.8, 4) is 0 Å². The van der Waals surface area contributed by atoms with Crippen LogP contribution >= 0.6 is 0 Å². The molecule has 1 aromatic carbocycles. The molecule has 0 radical (unpaired) electrons. The van der Waals surface area contributed by atoms with Crippen LogP contribution in [0.2, 0.25) is 0 Å². The van der Waals surface area contributed by atoms with E-state index >= 15 is 0 Å². The number of ether oxygens (including phenoxy) is 1. The fraction of sp³-hybridized carbons (Fsp3) is 0.438. The summed E-state index contributed by atoms with van der Waals surface area (Å²) in [5, 5.41) is 18.3. The van der Waals surface area contributed by atoms with Gasteiger partial charge in [-0.1, -0.05) is 30.3 Å². The van der Waals surface area contributed by atoms with Gasteiger partial charge in [-0.3, -0.25) is 9.69 Å². The Morgan fingerprint density at radius 3 is 2.43 bits per heavy atom. The molecule has 2 atom stereocenters. The standard InChI is InChI=1S/C16H19NO6/c18-14(19)9-12-7-4-8-13(15(20)21)17(12)16(22)23-10-11-5-2-1-3-6-11/h1-3,5-6,12-13H,4,7-10H2,(H,18,19)(H,20,21)/t12-,13-/m0/s1. The third-order valence-corrected chi connectivity index (χ3v) is 3.86. The Morgan fingerprint density at radius 1 is 1.13 bits per heavy atom. The number of piperidine rings is 1. The molecule has 0 bridgehead atoms. The van der Waals surface area contributed by atoms with Gasteiger partial charge in [0.05, 0.1) is 6.42 Å². The Labute approximate surface area is 133 Å². The van der Waals surface area contributed by atoms with E-state index in [1.165, 1.54) is 0 Å². The molecule has 1 saturated heterocycles. The first-order chi connectivity index (χ1) is 11.0. The predicted octanol–water partition coefficient (Wildman–Crippen LogP) is 2.11. The lowest BCUT2D eigenvalue weighted by atomic mass is 9.94. The van der Waals surface area contributed by atoms with Gasteiger partial charge in [0.15, 0.2) is 0 Å². The lowest BCUT2D eigenvalue weighted by molar-refractivity contribution is -0.148. The quantitative estimate of drug-likeness (QED) is 0.860. The highest BCUT2D eigenvalue weighted by Gasteiger charge is 2.40. The summed E-state index contributed by atoms with van der Waals surface area (Å²) in [5.41, 5.74) is 0.777. The van der Waals surface area contributed by atoms with E-state index in [1.807, 2.05) is 6.07 Å². The van der Waals surface area contributed by atoms with Gasteiger partial charge < -0.3 is 14.9 Å². The lowest BCUT2D eigenvalue weighted by Gasteiger charge is -2.38. The fourth-order valence-corrected chi connectivity index (χ4v) is 2.79. The molecule has 0 saturated carbocycles. The van der Waals surface area contributed by atoms with Crippen LogP contribution in [0.4, 0.5) is 4.79 Å². The molecule has 1 fully saturated rings. The summed E-state index contributed by atoms with van der Waals surface area (Å²) in [7, 11) is 0. The number of carboxylic acids is 2. The Kier molecular flexibility index (Phi) is 5.56. The van der Waals surface area contributed by atoms with Crippen LogP contribution in [0.1, 0.15) is 31.2 Å². The van der Waals surface area contributed by atoms with Gasteiger partial charge in [0, 0.05) is 6.04 Å². The van der Waals surface area contributed by atoms with Crippen molar-refractivity contribution in [2.75, 3.05) is 0 Å².